The molecule has 4 aromatic rings. The maximum Gasteiger partial charge on any atom is 0.0324 e. The van der Waals surface area contributed by atoms with E-state index >= 15 is 0 Å². The van der Waals surface area contributed by atoms with Crippen LogP contribution in [0.4, 0.5) is 0 Å². The molecule has 0 radical (unpaired) electrons. The Bertz CT molecular complexity index is 1730. The van der Waals surface area contributed by atoms with E-state index in [-0.39, 0.29) is 10.8 Å². The summed E-state index contributed by atoms with van der Waals surface area (Å²) in [6, 6.07) is 28.1. The molecule has 2 aliphatic rings. The third-order valence-corrected chi connectivity index (χ3v) is 11.4. The number of fused-ring (bicyclic) bond motifs is 6. The van der Waals surface area contributed by atoms with Crippen molar-refractivity contribution in [1.29, 1.82) is 0 Å². The van der Waals surface area contributed by atoms with E-state index in [0.29, 0.717) is 0 Å². The molecule has 2 aliphatic carbocycles. The van der Waals surface area contributed by atoms with Gasteiger partial charge < -0.3 is 0 Å². The second-order valence-corrected chi connectivity index (χ2v) is 15.4. The maximum atomic E-state index is 4.10. The van der Waals surface area contributed by atoms with Gasteiger partial charge in [-0.2, -0.15) is 0 Å². The molecule has 0 N–H and O–H groups in total. The third kappa shape index (κ3) is 7.59. The van der Waals surface area contributed by atoms with E-state index in [9.17, 15) is 0 Å². The highest BCUT2D eigenvalue weighted by Gasteiger charge is 2.43. The average molecular weight is 663 g/mol. The summed E-state index contributed by atoms with van der Waals surface area (Å²) < 4.78 is 0. The lowest BCUT2D eigenvalue weighted by Crippen LogP contribution is -2.25. The van der Waals surface area contributed by atoms with Crippen LogP contribution in [-0.4, -0.2) is 0 Å². The first-order chi connectivity index (χ1) is 24.2. The molecule has 0 heteroatoms. The molecule has 4 aromatic carbocycles. The summed E-state index contributed by atoms with van der Waals surface area (Å²) >= 11 is 0. The van der Waals surface area contributed by atoms with Gasteiger partial charge >= 0.3 is 0 Å². The Labute approximate surface area is 305 Å². The lowest BCUT2D eigenvalue weighted by Gasteiger charge is -2.32. The fourth-order valence-electron chi connectivity index (χ4n) is 8.88. The van der Waals surface area contributed by atoms with E-state index in [1.165, 1.54) is 131 Å². The van der Waals surface area contributed by atoms with Crippen molar-refractivity contribution >= 4 is 0 Å². The van der Waals surface area contributed by atoms with E-state index in [4.69, 9.17) is 0 Å². The zero-order chi connectivity index (χ0) is 35.7. The van der Waals surface area contributed by atoms with Crippen LogP contribution in [0.2, 0.25) is 0 Å². The van der Waals surface area contributed by atoms with Crippen LogP contribution in [0.25, 0.3) is 22.3 Å². The number of hydrogen-bond acceptors (Lipinski definition) is 0. The normalized spacial score (nSPS) is 14.0. The standard InChI is InChI=1S/C26H32.C24H30/c1-5-7-9-11-17-26(16-10-8-6-2)24-18-20(3)12-14-22(24)23-15-13-21(4)19-25(23)26;1-5-7-8-9-15-24(14-6-2)22-16-18(3)10-12-20(22)21-13-11-19(4)17-23(21)24/h12-15,18-19H,5-7,9,11,16-17H2,1-4H3;6,10-13,16-17H,2,5,7-9,14-15H2,1,3-4H3. The van der Waals surface area contributed by atoms with Crippen molar-refractivity contribution in [2.45, 2.75) is 143 Å². The number of benzene rings is 4. The summed E-state index contributed by atoms with van der Waals surface area (Å²) in [6.45, 7) is 19.7. The van der Waals surface area contributed by atoms with Gasteiger partial charge in [-0.25, -0.2) is 0 Å². The van der Waals surface area contributed by atoms with E-state index in [0.717, 1.165) is 19.3 Å². The summed E-state index contributed by atoms with van der Waals surface area (Å²) in [5.74, 6) is 6.87. The fraction of sp³-hybridized carbons (Fsp3) is 0.440. The van der Waals surface area contributed by atoms with Crippen LogP contribution in [-0.2, 0) is 10.8 Å². The minimum atomic E-state index is 0.0681. The highest BCUT2D eigenvalue weighted by atomic mass is 14.5. The molecule has 262 valence electrons. The first-order valence-electron chi connectivity index (χ1n) is 19.8. The Balaban J connectivity index is 0.000000195. The van der Waals surface area contributed by atoms with Crippen molar-refractivity contribution in [2.75, 3.05) is 0 Å². The number of hydrogen-bond donors (Lipinski definition) is 0. The molecule has 0 saturated carbocycles. The maximum absolute atomic E-state index is 4.10. The summed E-state index contributed by atoms with van der Waals surface area (Å²) in [5, 5.41) is 0. The van der Waals surface area contributed by atoms with Crippen LogP contribution in [0.15, 0.2) is 85.5 Å². The Morgan fingerprint density at radius 3 is 1.24 bits per heavy atom. The molecule has 0 heterocycles. The predicted molar refractivity (Wildman–Crippen MR) is 219 cm³/mol. The van der Waals surface area contributed by atoms with Crippen LogP contribution in [0.5, 0.6) is 0 Å². The first kappa shape index (κ1) is 37.4. The van der Waals surface area contributed by atoms with Crippen LogP contribution >= 0.6 is 0 Å². The third-order valence-electron chi connectivity index (χ3n) is 11.4. The zero-order valence-corrected chi connectivity index (χ0v) is 32.4. The molecule has 0 fully saturated rings. The van der Waals surface area contributed by atoms with Gasteiger partial charge in [-0.1, -0.05) is 173 Å². The van der Waals surface area contributed by atoms with E-state index in [1.54, 1.807) is 0 Å². The monoisotopic (exact) mass is 662 g/mol. The second kappa shape index (κ2) is 16.9. The molecule has 6 rings (SSSR count). The van der Waals surface area contributed by atoms with E-state index in [1.807, 2.05) is 0 Å². The molecular weight excluding hydrogens is 601 g/mol. The van der Waals surface area contributed by atoms with Gasteiger partial charge in [0.05, 0.1) is 0 Å². The summed E-state index contributed by atoms with van der Waals surface area (Å²) in [5.41, 5.74) is 17.4. The highest BCUT2D eigenvalue weighted by molar-refractivity contribution is 5.83. The topological polar surface area (TPSA) is 0 Å². The molecule has 0 aliphatic heterocycles. The molecule has 0 saturated heterocycles. The van der Waals surface area contributed by atoms with Gasteiger partial charge in [-0.05, 0) is 91.5 Å². The Morgan fingerprint density at radius 1 is 0.500 bits per heavy atom. The van der Waals surface area contributed by atoms with Crippen molar-refractivity contribution in [3.05, 3.63) is 130 Å². The van der Waals surface area contributed by atoms with Crippen molar-refractivity contribution < 1.29 is 0 Å². The van der Waals surface area contributed by atoms with Gasteiger partial charge in [0, 0.05) is 23.7 Å². The van der Waals surface area contributed by atoms with Crippen molar-refractivity contribution in [3.8, 4) is 34.1 Å². The van der Waals surface area contributed by atoms with Crippen LogP contribution in [0.1, 0.15) is 149 Å². The molecule has 0 spiro atoms. The van der Waals surface area contributed by atoms with Crippen LogP contribution in [0, 0.1) is 39.5 Å². The predicted octanol–water partition coefficient (Wildman–Crippen LogP) is 14.5. The van der Waals surface area contributed by atoms with Crippen molar-refractivity contribution in [3.63, 3.8) is 0 Å². The summed E-state index contributed by atoms with van der Waals surface area (Å²) in [7, 11) is 0. The minimum Gasteiger partial charge on any atom is -0.104 e. The molecule has 0 bridgehead atoms. The lowest BCUT2D eigenvalue weighted by atomic mass is 9.71. The lowest BCUT2D eigenvalue weighted by molar-refractivity contribution is 0.454. The van der Waals surface area contributed by atoms with Crippen molar-refractivity contribution in [1.82, 2.24) is 0 Å². The molecule has 0 nitrogen and oxygen atoms in total. The molecule has 0 atom stereocenters. The van der Waals surface area contributed by atoms with Gasteiger partial charge in [0.2, 0.25) is 0 Å². The van der Waals surface area contributed by atoms with E-state index in [2.05, 4.69) is 146 Å². The molecular formula is C50H62. The Hall–Kier alpha value is -3.82. The van der Waals surface area contributed by atoms with E-state index < -0.39 is 0 Å². The average Bonchev–Trinajstić information content (AvgIpc) is 3.51. The van der Waals surface area contributed by atoms with Crippen molar-refractivity contribution in [2.24, 2.45) is 0 Å². The van der Waals surface area contributed by atoms with Gasteiger partial charge in [-0.3, -0.25) is 0 Å². The molecule has 0 unspecified atom stereocenters. The molecule has 0 amide bonds. The Kier molecular flexibility index (Phi) is 12.7. The zero-order valence-electron chi connectivity index (χ0n) is 32.4. The SMILES string of the molecule is C=CCC1(CCCCCC)c2cc(C)ccc2-c2ccc(C)cc21.CCC#CCC1(CCCCCC)c2cc(C)ccc2-c2ccc(C)cc21. The number of rotatable bonds is 13. The smallest absolute Gasteiger partial charge is 0.0324 e. The summed E-state index contributed by atoms with van der Waals surface area (Å²) in [6.07, 6.45) is 18.0. The van der Waals surface area contributed by atoms with Crippen LogP contribution in [0.3, 0.4) is 0 Å². The molecule has 50 heavy (non-hydrogen) atoms. The highest BCUT2D eigenvalue weighted by Crippen LogP contribution is 2.55. The minimum absolute atomic E-state index is 0.0681. The van der Waals surface area contributed by atoms with Gasteiger partial charge in [0.25, 0.3) is 0 Å². The molecule has 0 aromatic heterocycles. The van der Waals surface area contributed by atoms with Crippen LogP contribution < -0.4 is 0 Å². The summed E-state index contributed by atoms with van der Waals surface area (Å²) in [4.78, 5) is 0. The first-order valence-corrected chi connectivity index (χ1v) is 19.8. The fourth-order valence-corrected chi connectivity index (χ4v) is 8.88. The number of aryl methyl sites for hydroxylation is 4. The largest absolute Gasteiger partial charge is 0.104 e. The Morgan fingerprint density at radius 2 is 0.880 bits per heavy atom. The van der Waals surface area contributed by atoms with Gasteiger partial charge in [0.15, 0.2) is 0 Å². The van der Waals surface area contributed by atoms with Gasteiger partial charge in [0.1, 0.15) is 0 Å². The van der Waals surface area contributed by atoms with Gasteiger partial charge in [-0.15, -0.1) is 18.4 Å². The number of allylic oxidation sites excluding steroid dienone is 1. The number of unbranched alkanes of at least 4 members (excludes halogenated alkanes) is 6. The second-order valence-electron chi connectivity index (χ2n) is 15.4. The quantitative estimate of drug-likeness (QED) is 0.0759.